The average Bonchev–Trinajstić information content (AvgIpc) is 2.44. The van der Waals surface area contributed by atoms with E-state index in [1.165, 1.54) is 0 Å². The van der Waals surface area contributed by atoms with Gasteiger partial charge in [-0.1, -0.05) is 0 Å². The Labute approximate surface area is 146 Å². The van der Waals surface area contributed by atoms with Crippen LogP contribution in [0.15, 0.2) is 0 Å². The molecule has 1 fully saturated rings. The second-order valence-corrected chi connectivity index (χ2v) is 8.20. The minimum Gasteiger partial charge on any atom is -0.444 e. The number of carbonyl (C=O) groups excluding carboxylic acids is 2. The Kier molecular flexibility index (Phi) is 7.48. The van der Waals surface area contributed by atoms with E-state index < -0.39 is 5.60 Å². The molecule has 1 saturated heterocycles. The Morgan fingerprint density at radius 1 is 0.917 bits per heavy atom. The lowest BCUT2D eigenvalue weighted by Crippen LogP contribution is -2.53. The molecule has 0 saturated carbocycles. The summed E-state index contributed by atoms with van der Waals surface area (Å²) in [6.07, 6.45) is -0.305. The molecule has 24 heavy (non-hydrogen) atoms. The summed E-state index contributed by atoms with van der Waals surface area (Å²) in [7, 11) is 0. The standard InChI is InChI=1S/C17H34N4O3/c1-16(2,3)19-8-7-18-13-14(22)20-9-11-21(12-10-20)15(23)24-17(4,5)6/h18-19H,7-13H2,1-6H3. The first-order valence-electron chi connectivity index (χ1n) is 8.69. The zero-order valence-corrected chi connectivity index (χ0v) is 16.1. The van der Waals surface area contributed by atoms with Crippen LogP contribution in [0.1, 0.15) is 41.5 Å². The third-order valence-corrected chi connectivity index (χ3v) is 3.52. The van der Waals surface area contributed by atoms with Crippen molar-refractivity contribution < 1.29 is 14.3 Å². The van der Waals surface area contributed by atoms with Crippen molar-refractivity contribution in [3.05, 3.63) is 0 Å². The molecule has 7 nitrogen and oxygen atoms in total. The summed E-state index contributed by atoms with van der Waals surface area (Å²) in [6, 6.07) is 0. The van der Waals surface area contributed by atoms with E-state index in [0.29, 0.717) is 32.7 Å². The fourth-order valence-corrected chi connectivity index (χ4v) is 2.30. The van der Waals surface area contributed by atoms with Gasteiger partial charge in [0.15, 0.2) is 0 Å². The molecule has 1 rings (SSSR count). The first-order chi connectivity index (χ1) is 11.0. The molecule has 0 atom stereocenters. The summed E-state index contributed by atoms with van der Waals surface area (Å²) in [5, 5.41) is 6.53. The number of ether oxygens (including phenoxy) is 1. The molecule has 0 unspecified atom stereocenters. The molecule has 1 aliphatic heterocycles. The summed E-state index contributed by atoms with van der Waals surface area (Å²) >= 11 is 0. The Morgan fingerprint density at radius 3 is 1.96 bits per heavy atom. The predicted octanol–water partition coefficient (Wildman–Crippen LogP) is 1.04. The van der Waals surface area contributed by atoms with Crippen LogP contribution < -0.4 is 10.6 Å². The second kappa shape index (κ2) is 8.67. The maximum absolute atomic E-state index is 12.2. The highest BCUT2D eigenvalue weighted by Gasteiger charge is 2.27. The van der Waals surface area contributed by atoms with Crippen LogP contribution >= 0.6 is 0 Å². The number of rotatable bonds is 5. The van der Waals surface area contributed by atoms with Gasteiger partial charge in [-0.05, 0) is 41.5 Å². The number of nitrogens with zero attached hydrogens (tertiary/aromatic N) is 2. The van der Waals surface area contributed by atoms with Crippen LogP contribution in [0.5, 0.6) is 0 Å². The highest BCUT2D eigenvalue weighted by molar-refractivity contribution is 5.78. The molecule has 0 bridgehead atoms. The molecule has 1 aliphatic rings. The third kappa shape index (κ3) is 8.49. The average molecular weight is 342 g/mol. The minimum atomic E-state index is -0.491. The fourth-order valence-electron chi connectivity index (χ4n) is 2.30. The fraction of sp³-hybridized carbons (Fsp3) is 0.882. The summed E-state index contributed by atoms with van der Waals surface area (Å²) in [5.74, 6) is 0.0783. The lowest BCUT2D eigenvalue weighted by atomic mass is 10.1. The van der Waals surface area contributed by atoms with Gasteiger partial charge in [0.25, 0.3) is 0 Å². The molecule has 2 N–H and O–H groups in total. The van der Waals surface area contributed by atoms with Crippen LogP contribution in [-0.4, -0.2) is 78.8 Å². The number of hydrogen-bond acceptors (Lipinski definition) is 5. The summed E-state index contributed by atoms with van der Waals surface area (Å²) < 4.78 is 5.36. The maximum Gasteiger partial charge on any atom is 0.410 e. The van der Waals surface area contributed by atoms with Crippen LogP contribution in [-0.2, 0) is 9.53 Å². The monoisotopic (exact) mass is 342 g/mol. The quantitative estimate of drug-likeness (QED) is 0.731. The molecule has 0 aliphatic carbocycles. The van der Waals surface area contributed by atoms with Gasteiger partial charge in [-0.15, -0.1) is 0 Å². The van der Waals surface area contributed by atoms with E-state index in [9.17, 15) is 9.59 Å². The van der Waals surface area contributed by atoms with Gasteiger partial charge in [0.1, 0.15) is 5.60 Å². The lowest BCUT2D eigenvalue weighted by molar-refractivity contribution is -0.132. The molecule has 0 aromatic heterocycles. The Bertz CT molecular complexity index is 419. The number of amides is 2. The number of nitrogens with one attached hydrogen (secondary N) is 2. The molecule has 0 aromatic rings. The van der Waals surface area contributed by atoms with Gasteiger partial charge in [0.05, 0.1) is 6.54 Å². The lowest BCUT2D eigenvalue weighted by Gasteiger charge is -2.35. The molecule has 0 radical (unpaired) electrons. The molecule has 140 valence electrons. The first-order valence-corrected chi connectivity index (χ1v) is 8.69. The zero-order valence-electron chi connectivity index (χ0n) is 16.1. The second-order valence-electron chi connectivity index (χ2n) is 8.20. The highest BCUT2D eigenvalue weighted by Crippen LogP contribution is 2.11. The molecular formula is C17H34N4O3. The Balaban J connectivity index is 2.22. The van der Waals surface area contributed by atoms with Crippen molar-refractivity contribution in [2.24, 2.45) is 0 Å². The first kappa shape index (κ1) is 20.7. The van der Waals surface area contributed by atoms with E-state index in [1.807, 2.05) is 20.8 Å². The van der Waals surface area contributed by atoms with E-state index >= 15 is 0 Å². The SMILES string of the molecule is CC(C)(C)NCCNCC(=O)N1CCN(C(=O)OC(C)(C)C)CC1. The summed E-state index contributed by atoms with van der Waals surface area (Å²) in [4.78, 5) is 27.6. The normalized spacial score (nSPS) is 16.2. The number of piperazine rings is 1. The minimum absolute atomic E-state index is 0.0783. The molecule has 0 aromatic carbocycles. The van der Waals surface area contributed by atoms with Gasteiger partial charge in [-0.2, -0.15) is 0 Å². The largest absolute Gasteiger partial charge is 0.444 e. The third-order valence-electron chi connectivity index (χ3n) is 3.52. The van der Waals surface area contributed by atoms with Gasteiger partial charge in [0.2, 0.25) is 5.91 Å². The molecule has 1 heterocycles. The Hall–Kier alpha value is -1.34. The van der Waals surface area contributed by atoms with Crippen molar-refractivity contribution >= 4 is 12.0 Å². The van der Waals surface area contributed by atoms with Gasteiger partial charge in [-0.3, -0.25) is 4.79 Å². The topological polar surface area (TPSA) is 73.9 Å². The molecule has 7 heteroatoms. The smallest absolute Gasteiger partial charge is 0.410 e. The van der Waals surface area contributed by atoms with Crippen molar-refractivity contribution in [1.82, 2.24) is 20.4 Å². The van der Waals surface area contributed by atoms with Crippen LogP contribution in [0.2, 0.25) is 0 Å². The van der Waals surface area contributed by atoms with Gasteiger partial charge in [0, 0.05) is 44.8 Å². The van der Waals surface area contributed by atoms with E-state index in [1.54, 1.807) is 9.80 Å². The van der Waals surface area contributed by atoms with Crippen molar-refractivity contribution in [3.8, 4) is 0 Å². The Morgan fingerprint density at radius 2 is 1.46 bits per heavy atom. The van der Waals surface area contributed by atoms with Crippen LogP contribution in [0.25, 0.3) is 0 Å². The van der Waals surface area contributed by atoms with Crippen molar-refractivity contribution in [3.63, 3.8) is 0 Å². The zero-order chi connectivity index (χ0) is 18.4. The van der Waals surface area contributed by atoms with Crippen molar-refractivity contribution in [2.45, 2.75) is 52.7 Å². The summed E-state index contributed by atoms with van der Waals surface area (Å²) in [5.41, 5.74) is -0.404. The molecule has 2 amide bonds. The van der Waals surface area contributed by atoms with Crippen LogP contribution in [0, 0.1) is 0 Å². The maximum atomic E-state index is 12.2. The van der Waals surface area contributed by atoms with Crippen LogP contribution in [0.4, 0.5) is 4.79 Å². The van der Waals surface area contributed by atoms with E-state index in [-0.39, 0.29) is 17.5 Å². The van der Waals surface area contributed by atoms with Crippen molar-refractivity contribution in [2.75, 3.05) is 45.8 Å². The van der Waals surface area contributed by atoms with Crippen molar-refractivity contribution in [1.29, 1.82) is 0 Å². The highest BCUT2D eigenvalue weighted by atomic mass is 16.6. The summed E-state index contributed by atoms with van der Waals surface area (Å²) in [6.45, 7) is 16.0. The molecule has 0 spiro atoms. The molecular weight excluding hydrogens is 308 g/mol. The van der Waals surface area contributed by atoms with E-state index in [2.05, 4.69) is 31.4 Å². The predicted molar refractivity (Wildman–Crippen MR) is 95.0 cm³/mol. The number of carbonyl (C=O) groups is 2. The van der Waals surface area contributed by atoms with Crippen LogP contribution in [0.3, 0.4) is 0 Å². The van der Waals surface area contributed by atoms with E-state index in [0.717, 1.165) is 13.1 Å². The number of hydrogen-bond donors (Lipinski definition) is 2. The van der Waals surface area contributed by atoms with Gasteiger partial charge < -0.3 is 25.2 Å². The van der Waals surface area contributed by atoms with Gasteiger partial charge >= 0.3 is 6.09 Å². The van der Waals surface area contributed by atoms with E-state index in [4.69, 9.17) is 4.74 Å². The van der Waals surface area contributed by atoms with Gasteiger partial charge in [-0.25, -0.2) is 4.79 Å².